The topological polar surface area (TPSA) is 29.5 Å². The van der Waals surface area contributed by atoms with Crippen molar-refractivity contribution in [1.82, 2.24) is 4.90 Å². The normalized spacial score (nSPS) is 20.4. The summed E-state index contributed by atoms with van der Waals surface area (Å²) in [6.07, 6.45) is 0. The van der Waals surface area contributed by atoms with Crippen LogP contribution in [0.5, 0.6) is 0 Å². The van der Waals surface area contributed by atoms with Gasteiger partial charge in [0.05, 0.1) is 5.56 Å². The minimum atomic E-state index is -0.807. The van der Waals surface area contributed by atoms with Crippen LogP contribution in [-0.4, -0.2) is 24.0 Å². The zero-order chi connectivity index (χ0) is 14.9. The molecule has 0 saturated carbocycles. The number of hydrogen-bond acceptors (Lipinski definition) is 3. The summed E-state index contributed by atoms with van der Waals surface area (Å²) < 4.78 is 5.94. The van der Waals surface area contributed by atoms with Crippen molar-refractivity contribution in [3.05, 3.63) is 71.3 Å². The Hall–Kier alpha value is -2.13. The molecular weight excluding hydrogens is 262 g/mol. The highest BCUT2D eigenvalue weighted by Gasteiger charge is 2.50. The van der Waals surface area contributed by atoms with Crippen molar-refractivity contribution in [3.8, 4) is 0 Å². The summed E-state index contributed by atoms with van der Waals surface area (Å²) in [6, 6.07) is 17.6. The molecule has 3 heteroatoms. The van der Waals surface area contributed by atoms with Crippen LogP contribution in [0.2, 0.25) is 0 Å². The number of benzene rings is 2. The Morgan fingerprint density at radius 3 is 2.24 bits per heavy atom. The summed E-state index contributed by atoms with van der Waals surface area (Å²) >= 11 is 0. The number of nitrogens with zero attached hydrogens (tertiary/aromatic N) is 1. The van der Waals surface area contributed by atoms with Crippen LogP contribution in [0, 0.1) is 0 Å². The summed E-state index contributed by atoms with van der Waals surface area (Å²) in [5, 5.41) is 0. The van der Waals surface area contributed by atoms with Gasteiger partial charge in [-0.2, -0.15) is 0 Å². The van der Waals surface area contributed by atoms with Crippen molar-refractivity contribution < 1.29 is 9.53 Å². The molecule has 0 saturated heterocycles. The fourth-order valence-corrected chi connectivity index (χ4v) is 3.17. The van der Waals surface area contributed by atoms with E-state index < -0.39 is 5.72 Å². The number of hydrogen-bond donors (Lipinski definition) is 0. The van der Waals surface area contributed by atoms with Gasteiger partial charge < -0.3 is 4.74 Å². The van der Waals surface area contributed by atoms with E-state index in [1.54, 1.807) is 0 Å². The maximum absolute atomic E-state index is 12.3. The fraction of sp³-hybridized carbons (Fsp3) is 0.278. The lowest BCUT2D eigenvalue weighted by Gasteiger charge is -2.39. The number of cyclic esters (lactones) is 1. The van der Waals surface area contributed by atoms with Gasteiger partial charge in [-0.1, -0.05) is 62.4 Å². The average Bonchev–Trinajstić information content (AvgIpc) is 2.84. The molecule has 3 nitrogen and oxygen atoms in total. The summed E-state index contributed by atoms with van der Waals surface area (Å²) in [4.78, 5) is 14.5. The van der Waals surface area contributed by atoms with Gasteiger partial charge in [-0.25, -0.2) is 4.79 Å². The van der Waals surface area contributed by atoms with Crippen LogP contribution in [0.1, 0.15) is 35.3 Å². The van der Waals surface area contributed by atoms with E-state index in [-0.39, 0.29) is 5.97 Å². The van der Waals surface area contributed by atoms with E-state index in [1.807, 2.05) is 54.6 Å². The van der Waals surface area contributed by atoms with Crippen LogP contribution in [0.15, 0.2) is 54.6 Å². The van der Waals surface area contributed by atoms with Crippen molar-refractivity contribution in [2.24, 2.45) is 0 Å². The van der Waals surface area contributed by atoms with Gasteiger partial charge >= 0.3 is 5.97 Å². The molecule has 0 bridgehead atoms. The summed E-state index contributed by atoms with van der Waals surface area (Å²) in [5.74, 6) is -0.249. The van der Waals surface area contributed by atoms with Gasteiger partial charge in [0.25, 0.3) is 0 Å². The zero-order valence-electron chi connectivity index (χ0n) is 12.4. The van der Waals surface area contributed by atoms with Gasteiger partial charge in [0, 0.05) is 11.1 Å². The maximum Gasteiger partial charge on any atom is 0.340 e. The van der Waals surface area contributed by atoms with Crippen molar-refractivity contribution in [2.75, 3.05) is 13.1 Å². The second-order valence-corrected chi connectivity index (χ2v) is 5.12. The molecule has 1 unspecified atom stereocenters. The van der Waals surface area contributed by atoms with E-state index in [2.05, 4.69) is 18.7 Å². The number of carbonyl (C=O) groups is 1. The number of ether oxygens (including phenoxy) is 1. The Kier molecular flexibility index (Phi) is 3.52. The molecular formula is C18H19NO2. The molecule has 1 atom stereocenters. The van der Waals surface area contributed by atoms with Gasteiger partial charge in [-0.15, -0.1) is 0 Å². The van der Waals surface area contributed by atoms with Crippen molar-refractivity contribution in [2.45, 2.75) is 19.6 Å². The lowest BCUT2D eigenvalue weighted by atomic mass is 9.91. The number of esters is 1. The van der Waals surface area contributed by atoms with E-state index in [9.17, 15) is 4.79 Å². The molecule has 108 valence electrons. The third kappa shape index (κ3) is 1.96. The minimum Gasteiger partial charge on any atom is -0.431 e. The van der Waals surface area contributed by atoms with E-state index in [4.69, 9.17) is 4.74 Å². The number of fused-ring (bicyclic) bond motifs is 1. The Balaban J connectivity index is 2.27. The van der Waals surface area contributed by atoms with Crippen molar-refractivity contribution in [3.63, 3.8) is 0 Å². The molecule has 0 fully saturated rings. The van der Waals surface area contributed by atoms with Crippen LogP contribution < -0.4 is 0 Å². The Morgan fingerprint density at radius 1 is 0.952 bits per heavy atom. The second-order valence-electron chi connectivity index (χ2n) is 5.12. The molecule has 1 aliphatic heterocycles. The van der Waals surface area contributed by atoms with E-state index in [1.165, 1.54) is 0 Å². The molecule has 0 aliphatic carbocycles. The molecule has 0 spiro atoms. The summed E-state index contributed by atoms with van der Waals surface area (Å²) in [7, 11) is 0. The first kappa shape index (κ1) is 13.8. The monoisotopic (exact) mass is 281 g/mol. The standard InChI is InChI=1S/C18H19NO2/c1-3-19(4-2)18(14-10-6-5-7-11-14)16-13-9-8-12-15(16)17(20)21-18/h5-13H,3-4H2,1-2H3. The van der Waals surface area contributed by atoms with Crippen LogP contribution >= 0.6 is 0 Å². The third-order valence-electron chi connectivity index (χ3n) is 4.13. The van der Waals surface area contributed by atoms with Crippen LogP contribution in [0.4, 0.5) is 0 Å². The molecule has 0 amide bonds. The molecule has 1 aliphatic rings. The fourth-order valence-electron chi connectivity index (χ4n) is 3.17. The van der Waals surface area contributed by atoms with Crippen molar-refractivity contribution >= 4 is 5.97 Å². The molecule has 2 aromatic carbocycles. The lowest BCUT2D eigenvalue weighted by Crippen LogP contribution is -2.47. The smallest absolute Gasteiger partial charge is 0.340 e. The van der Waals surface area contributed by atoms with E-state index >= 15 is 0 Å². The first-order chi connectivity index (χ1) is 10.2. The first-order valence-electron chi connectivity index (χ1n) is 7.37. The minimum absolute atomic E-state index is 0.249. The Labute approximate surface area is 125 Å². The van der Waals surface area contributed by atoms with Crippen LogP contribution in [0.25, 0.3) is 0 Å². The molecule has 0 N–H and O–H groups in total. The average molecular weight is 281 g/mol. The summed E-state index contributed by atoms with van der Waals surface area (Å²) in [6.45, 7) is 5.77. The highest BCUT2D eigenvalue weighted by Crippen LogP contribution is 2.44. The first-order valence-corrected chi connectivity index (χ1v) is 7.37. The number of rotatable bonds is 4. The quantitative estimate of drug-likeness (QED) is 0.804. The highest BCUT2D eigenvalue weighted by molar-refractivity contribution is 5.95. The van der Waals surface area contributed by atoms with Gasteiger partial charge in [-0.05, 0) is 19.2 Å². The largest absolute Gasteiger partial charge is 0.431 e. The van der Waals surface area contributed by atoms with Gasteiger partial charge in [0.15, 0.2) is 0 Å². The van der Waals surface area contributed by atoms with Gasteiger partial charge in [-0.3, -0.25) is 4.90 Å². The molecule has 2 aromatic rings. The van der Waals surface area contributed by atoms with E-state index in [0.29, 0.717) is 5.56 Å². The van der Waals surface area contributed by atoms with Crippen molar-refractivity contribution in [1.29, 1.82) is 0 Å². The summed E-state index contributed by atoms with van der Waals surface area (Å²) in [5.41, 5.74) is 1.78. The van der Waals surface area contributed by atoms with Gasteiger partial charge in [0.1, 0.15) is 0 Å². The molecule has 0 radical (unpaired) electrons. The molecule has 0 aromatic heterocycles. The molecule has 21 heavy (non-hydrogen) atoms. The zero-order valence-corrected chi connectivity index (χ0v) is 12.4. The molecule has 3 rings (SSSR count). The Morgan fingerprint density at radius 2 is 1.57 bits per heavy atom. The Bertz CT molecular complexity index is 649. The predicted molar refractivity (Wildman–Crippen MR) is 82.0 cm³/mol. The molecule has 1 heterocycles. The number of carbonyl (C=O) groups excluding carboxylic acids is 1. The second kappa shape index (κ2) is 5.34. The third-order valence-corrected chi connectivity index (χ3v) is 4.13. The van der Waals surface area contributed by atoms with Crippen LogP contribution in [0.3, 0.4) is 0 Å². The van der Waals surface area contributed by atoms with E-state index in [0.717, 1.165) is 24.2 Å². The lowest BCUT2D eigenvalue weighted by molar-refractivity contribution is -0.0810. The highest BCUT2D eigenvalue weighted by atomic mass is 16.6. The predicted octanol–water partition coefficient (Wildman–Crippen LogP) is 3.40. The SMILES string of the molecule is CCN(CC)C1(c2ccccc2)OC(=O)c2ccccc21. The maximum atomic E-state index is 12.3. The van der Waals surface area contributed by atoms with Crippen LogP contribution in [-0.2, 0) is 10.5 Å². The van der Waals surface area contributed by atoms with Gasteiger partial charge in [0.2, 0.25) is 5.72 Å².